The molecule has 0 bridgehead atoms. The molecule has 3 rings (SSSR count). The predicted octanol–water partition coefficient (Wildman–Crippen LogP) is 4.34. The third kappa shape index (κ3) is 2.38. The van der Waals surface area contributed by atoms with E-state index in [4.69, 9.17) is 17.0 Å². The molecule has 0 radical (unpaired) electrons. The van der Waals surface area contributed by atoms with E-state index < -0.39 is 0 Å². The van der Waals surface area contributed by atoms with Gasteiger partial charge in [0.1, 0.15) is 16.3 Å². The summed E-state index contributed by atoms with van der Waals surface area (Å²) in [7, 11) is 1.67. The molecule has 6 heteroatoms. The third-order valence-corrected chi connectivity index (χ3v) is 5.21. The van der Waals surface area contributed by atoms with E-state index in [2.05, 4.69) is 34.4 Å². The van der Waals surface area contributed by atoms with Crippen molar-refractivity contribution in [3.8, 4) is 5.75 Å². The molecule has 3 aromatic rings. The number of nitrogens with zero attached hydrogens (tertiary/aromatic N) is 2. The first-order valence-corrected chi connectivity index (χ1v) is 8.10. The molecule has 21 heavy (non-hydrogen) atoms. The number of rotatable bonds is 4. The van der Waals surface area contributed by atoms with Gasteiger partial charge in [0.2, 0.25) is 0 Å². The third-order valence-electron chi connectivity index (χ3n) is 3.60. The second-order valence-electron chi connectivity index (χ2n) is 4.85. The van der Waals surface area contributed by atoms with E-state index in [-0.39, 0.29) is 6.04 Å². The fourth-order valence-electron chi connectivity index (χ4n) is 2.47. The van der Waals surface area contributed by atoms with E-state index in [0.29, 0.717) is 4.77 Å². The Hall–Kier alpha value is -1.66. The minimum atomic E-state index is 0.101. The quantitative estimate of drug-likeness (QED) is 0.728. The largest absolute Gasteiger partial charge is 0.494 e. The molecule has 4 nitrogen and oxygen atoms in total. The maximum atomic E-state index is 5.50. The Morgan fingerprint density at radius 1 is 1.48 bits per heavy atom. The molecule has 0 fully saturated rings. The fraction of sp³-hybridized carbons (Fsp3) is 0.333. The lowest BCUT2D eigenvalue weighted by Crippen LogP contribution is -2.06. The van der Waals surface area contributed by atoms with Gasteiger partial charge in [-0.05, 0) is 37.7 Å². The number of benzene rings is 1. The zero-order chi connectivity index (χ0) is 15.0. The van der Waals surface area contributed by atoms with Gasteiger partial charge in [0.15, 0.2) is 4.77 Å². The van der Waals surface area contributed by atoms with Crippen molar-refractivity contribution < 1.29 is 4.74 Å². The number of thiazole rings is 1. The first-order chi connectivity index (χ1) is 10.2. The van der Waals surface area contributed by atoms with Crippen LogP contribution in [0.25, 0.3) is 11.0 Å². The van der Waals surface area contributed by atoms with Crippen molar-refractivity contribution >= 4 is 34.6 Å². The summed E-state index contributed by atoms with van der Waals surface area (Å²) in [4.78, 5) is 9.08. The molecule has 0 saturated carbocycles. The number of H-pyrrole nitrogens is 1. The average Bonchev–Trinajstić information content (AvgIpc) is 3.09. The number of para-hydroxylation sites is 1. The molecule has 110 valence electrons. The molecule has 1 unspecified atom stereocenters. The van der Waals surface area contributed by atoms with Crippen LogP contribution in [-0.2, 0) is 6.42 Å². The van der Waals surface area contributed by atoms with Crippen LogP contribution in [-0.4, -0.2) is 21.6 Å². The van der Waals surface area contributed by atoms with Crippen LogP contribution in [0.3, 0.4) is 0 Å². The monoisotopic (exact) mass is 319 g/mol. The standard InChI is InChI=1S/C15H17N3OS2/c1-4-10-8-16-14(21-10)9(2)18-11-6-5-7-12(19-3)13(11)17-15(18)20/h5-9H,4H2,1-3H3,(H,17,20). The van der Waals surface area contributed by atoms with Gasteiger partial charge in [0.05, 0.1) is 18.7 Å². The minimum Gasteiger partial charge on any atom is -0.494 e. The van der Waals surface area contributed by atoms with Crippen molar-refractivity contribution in [2.24, 2.45) is 0 Å². The number of hydrogen-bond acceptors (Lipinski definition) is 4. The van der Waals surface area contributed by atoms with Crippen molar-refractivity contribution in [1.82, 2.24) is 14.5 Å². The molecule has 1 atom stereocenters. The van der Waals surface area contributed by atoms with Crippen molar-refractivity contribution in [3.05, 3.63) is 39.1 Å². The van der Waals surface area contributed by atoms with Gasteiger partial charge in [-0.25, -0.2) is 4.98 Å². The summed E-state index contributed by atoms with van der Waals surface area (Å²) in [6.07, 6.45) is 2.97. The van der Waals surface area contributed by atoms with Gasteiger partial charge in [0.25, 0.3) is 0 Å². The smallest absolute Gasteiger partial charge is 0.178 e. The Kier molecular flexibility index (Phi) is 3.82. The second kappa shape index (κ2) is 5.61. The number of nitrogens with one attached hydrogen (secondary N) is 1. The highest BCUT2D eigenvalue weighted by Crippen LogP contribution is 2.31. The molecular formula is C15H17N3OS2. The summed E-state index contributed by atoms with van der Waals surface area (Å²) in [5.74, 6) is 0.804. The Balaban J connectivity index is 2.15. The van der Waals surface area contributed by atoms with Crippen molar-refractivity contribution in [3.63, 3.8) is 0 Å². The molecule has 0 aliphatic heterocycles. The summed E-state index contributed by atoms with van der Waals surface area (Å²) in [5, 5.41) is 1.08. The van der Waals surface area contributed by atoms with Crippen LogP contribution in [0.15, 0.2) is 24.4 Å². The summed E-state index contributed by atoms with van der Waals surface area (Å²) >= 11 is 7.24. The average molecular weight is 319 g/mol. The van der Waals surface area contributed by atoms with Gasteiger partial charge in [-0.2, -0.15) is 0 Å². The summed E-state index contributed by atoms with van der Waals surface area (Å²) in [6.45, 7) is 4.27. The molecule has 0 aliphatic rings. The van der Waals surface area contributed by atoms with E-state index in [1.54, 1.807) is 18.4 Å². The first-order valence-electron chi connectivity index (χ1n) is 6.87. The molecule has 0 spiro atoms. The second-order valence-corrected chi connectivity index (χ2v) is 6.38. The molecule has 2 aromatic heterocycles. The van der Waals surface area contributed by atoms with Gasteiger partial charge >= 0.3 is 0 Å². The van der Waals surface area contributed by atoms with Gasteiger partial charge in [0, 0.05) is 11.1 Å². The van der Waals surface area contributed by atoms with Crippen LogP contribution < -0.4 is 4.74 Å². The highest BCUT2D eigenvalue weighted by atomic mass is 32.1. The highest BCUT2D eigenvalue weighted by molar-refractivity contribution is 7.71. The van der Waals surface area contributed by atoms with Crippen LogP contribution in [0.5, 0.6) is 5.75 Å². The zero-order valence-corrected chi connectivity index (χ0v) is 13.8. The number of hydrogen-bond donors (Lipinski definition) is 1. The predicted molar refractivity (Wildman–Crippen MR) is 89.0 cm³/mol. The van der Waals surface area contributed by atoms with Crippen LogP contribution in [0.2, 0.25) is 0 Å². The Bertz CT molecular complexity index is 831. The molecule has 2 heterocycles. The van der Waals surface area contributed by atoms with Crippen LogP contribution in [0.1, 0.15) is 29.8 Å². The number of aromatic amines is 1. The van der Waals surface area contributed by atoms with E-state index in [1.807, 2.05) is 18.3 Å². The SMILES string of the molecule is CCc1cnc(C(C)n2c(=S)[nH]c3c(OC)cccc32)s1. The first kappa shape index (κ1) is 14.3. The Morgan fingerprint density at radius 3 is 2.95 bits per heavy atom. The topological polar surface area (TPSA) is 42.8 Å². The summed E-state index contributed by atoms with van der Waals surface area (Å²) < 4.78 is 8.19. The number of fused-ring (bicyclic) bond motifs is 1. The number of aryl methyl sites for hydroxylation is 1. The van der Waals surface area contributed by atoms with Gasteiger partial charge in [-0.3, -0.25) is 0 Å². The molecule has 0 aliphatic carbocycles. The van der Waals surface area contributed by atoms with Crippen LogP contribution in [0, 0.1) is 4.77 Å². The molecule has 1 aromatic carbocycles. The summed E-state index contributed by atoms with van der Waals surface area (Å²) in [5.41, 5.74) is 1.98. The number of aromatic nitrogens is 3. The Labute approximate surface area is 132 Å². The van der Waals surface area contributed by atoms with E-state index in [1.165, 1.54) is 4.88 Å². The number of ether oxygens (including phenoxy) is 1. The Morgan fingerprint density at radius 2 is 2.29 bits per heavy atom. The highest BCUT2D eigenvalue weighted by Gasteiger charge is 2.17. The molecule has 0 saturated heterocycles. The lowest BCUT2D eigenvalue weighted by Gasteiger charge is -2.12. The van der Waals surface area contributed by atoms with Crippen LogP contribution in [0.4, 0.5) is 0 Å². The lowest BCUT2D eigenvalue weighted by atomic mass is 10.2. The van der Waals surface area contributed by atoms with Crippen molar-refractivity contribution in [2.75, 3.05) is 7.11 Å². The van der Waals surface area contributed by atoms with E-state index in [9.17, 15) is 0 Å². The minimum absolute atomic E-state index is 0.101. The maximum absolute atomic E-state index is 5.50. The molecular weight excluding hydrogens is 302 g/mol. The van der Waals surface area contributed by atoms with Gasteiger partial charge in [-0.1, -0.05) is 13.0 Å². The van der Waals surface area contributed by atoms with Gasteiger partial charge in [-0.15, -0.1) is 11.3 Å². The van der Waals surface area contributed by atoms with E-state index >= 15 is 0 Å². The zero-order valence-electron chi connectivity index (χ0n) is 12.2. The molecule has 0 amide bonds. The maximum Gasteiger partial charge on any atom is 0.178 e. The van der Waals surface area contributed by atoms with E-state index in [0.717, 1.165) is 28.2 Å². The molecule has 1 N–H and O–H groups in total. The normalized spacial score (nSPS) is 12.7. The summed E-state index contributed by atoms with van der Waals surface area (Å²) in [6, 6.07) is 6.06. The van der Waals surface area contributed by atoms with Gasteiger partial charge < -0.3 is 14.3 Å². The lowest BCUT2D eigenvalue weighted by molar-refractivity contribution is 0.419. The fourth-order valence-corrected chi connectivity index (χ4v) is 3.73. The number of imidazole rings is 1. The van der Waals surface area contributed by atoms with Crippen molar-refractivity contribution in [2.45, 2.75) is 26.3 Å². The van der Waals surface area contributed by atoms with Crippen LogP contribution >= 0.6 is 23.6 Å². The number of methoxy groups -OCH3 is 1. The van der Waals surface area contributed by atoms with Crippen molar-refractivity contribution in [1.29, 1.82) is 0 Å².